The van der Waals surface area contributed by atoms with Gasteiger partial charge in [0.1, 0.15) is 5.76 Å². The number of halogens is 1. The molecule has 0 saturated heterocycles. The lowest BCUT2D eigenvalue weighted by Crippen LogP contribution is -2.31. The number of carbonyl (C=O) groups excluding carboxylic acids is 2. The number of carbonyl (C=O) groups is 2. The second-order valence-corrected chi connectivity index (χ2v) is 8.03. The van der Waals surface area contributed by atoms with Gasteiger partial charge >= 0.3 is 5.97 Å². The SMILES string of the molecule is COc1ccc(CN(C)C(=O)COC(=O)c2ccccc2SCc2cc(C)no2)cc1F. The van der Waals surface area contributed by atoms with Gasteiger partial charge < -0.3 is 18.9 Å². The maximum Gasteiger partial charge on any atom is 0.339 e. The number of ether oxygens (including phenoxy) is 2. The lowest BCUT2D eigenvalue weighted by atomic mass is 10.2. The van der Waals surface area contributed by atoms with Crippen LogP contribution in [0, 0.1) is 12.7 Å². The van der Waals surface area contributed by atoms with Crippen molar-refractivity contribution in [3.05, 3.63) is 76.9 Å². The van der Waals surface area contributed by atoms with Crippen LogP contribution in [0.5, 0.6) is 5.75 Å². The lowest BCUT2D eigenvalue weighted by molar-refractivity contribution is -0.133. The molecule has 9 heteroatoms. The fourth-order valence-electron chi connectivity index (χ4n) is 2.88. The van der Waals surface area contributed by atoms with E-state index in [0.717, 1.165) is 5.69 Å². The zero-order chi connectivity index (χ0) is 23.1. The summed E-state index contributed by atoms with van der Waals surface area (Å²) in [6, 6.07) is 13.3. The maximum atomic E-state index is 13.8. The highest BCUT2D eigenvalue weighted by atomic mass is 32.2. The van der Waals surface area contributed by atoms with Gasteiger partial charge in [-0.25, -0.2) is 9.18 Å². The van der Waals surface area contributed by atoms with Crippen molar-refractivity contribution in [1.82, 2.24) is 10.1 Å². The van der Waals surface area contributed by atoms with Crippen molar-refractivity contribution in [2.24, 2.45) is 0 Å². The second-order valence-electron chi connectivity index (χ2n) is 7.01. The molecular formula is C23H23FN2O5S. The van der Waals surface area contributed by atoms with E-state index in [0.29, 0.717) is 27.5 Å². The minimum absolute atomic E-state index is 0.131. The minimum Gasteiger partial charge on any atom is -0.494 e. The highest BCUT2D eigenvalue weighted by Gasteiger charge is 2.17. The summed E-state index contributed by atoms with van der Waals surface area (Å²) in [5, 5.41) is 3.85. The second kappa shape index (κ2) is 10.8. The van der Waals surface area contributed by atoms with Gasteiger partial charge in [0.05, 0.1) is 24.1 Å². The van der Waals surface area contributed by atoms with Crippen LogP contribution in [-0.2, 0) is 21.8 Å². The third-order valence-electron chi connectivity index (χ3n) is 4.54. The molecule has 0 spiro atoms. The van der Waals surface area contributed by atoms with Gasteiger partial charge in [0.2, 0.25) is 0 Å². The number of rotatable bonds is 9. The molecule has 0 radical (unpaired) electrons. The van der Waals surface area contributed by atoms with E-state index in [1.807, 2.05) is 19.1 Å². The van der Waals surface area contributed by atoms with Crippen molar-refractivity contribution < 1.29 is 28.0 Å². The number of esters is 1. The molecule has 2 aromatic carbocycles. The summed E-state index contributed by atoms with van der Waals surface area (Å²) in [6.07, 6.45) is 0. The molecule has 0 unspecified atom stereocenters. The molecule has 0 saturated carbocycles. The quantitative estimate of drug-likeness (QED) is 0.350. The summed E-state index contributed by atoms with van der Waals surface area (Å²) in [4.78, 5) is 27.0. The fourth-order valence-corrected chi connectivity index (χ4v) is 3.80. The number of thioether (sulfide) groups is 1. The summed E-state index contributed by atoms with van der Waals surface area (Å²) in [7, 11) is 2.94. The summed E-state index contributed by atoms with van der Waals surface area (Å²) >= 11 is 1.41. The van der Waals surface area contributed by atoms with Crippen LogP contribution in [0.2, 0.25) is 0 Å². The molecule has 1 aromatic heterocycles. The van der Waals surface area contributed by atoms with Crippen molar-refractivity contribution in [1.29, 1.82) is 0 Å². The molecule has 3 aromatic rings. The first-order chi connectivity index (χ1) is 15.4. The fraction of sp³-hybridized carbons (Fsp3) is 0.261. The van der Waals surface area contributed by atoms with Crippen LogP contribution >= 0.6 is 11.8 Å². The average Bonchev–Trinajstić information content (AvgIpc) is 3.21. The number of methoxy groups -OCH3 is 1. The molecule has 0 bridgehead atoms. The van der Waals surface area contributed by atoms with Gasteiger partial charge in [-0.05, 0) is 36.8 Å². The Morgan fingerprint density at radius 1 is 1.19 bits per heavy atom. The number of amides is 1. The van der Waals surface area contributed by atoms with Crippen molar-refractivity contribution >= 4 is 23.6 Å². The Balaban J connectivity index is 1.55. The van der Waals surface area contributed by atoms with E-state index >= 15 is 0 Å². The maximum absolute atomic E-state index is 13.8. The Labute approximate surface area is 189 Å². The normalized spacial score (nSPS) is 10.6. The summed E-state index contributed by atoms with van der Waals surface area (Å²) in [6.45, 7) is 1.58. The van der Waals surface area contributed by atoms with Crippen LogP contribution in [0.3, 0.4) is 0 Å². The molecular weight excluding hydrogens is 435 g/mol. The minimum atomic E-state index is -0.598. The van der Waals surface area contributed by atoms with Crippen molar-refractivity contribution in [2.45, 2.75) is 24.1 Å². The van der Waals surface area contributed by atoms with E-state index in [1.165, 1.54) is 35.9 Å². The Morgan fingerprint density at radius 3 is 2.66 bits per heavy atom. The van der Waals surface area contributed by atoms with E-state index in [-0.39, 0.29) is 12.3 Å². The van der Waals surface area contributed by atoms with Crippen LogP contribution in [0.15, 0.2) is 57.9 Å². The van der Waals surface area contributed by atoms with E-state index in [1.54, 1.807) is 31.3 Å². The first-order valence-corrected chi connectivity index (χ1v) is 10.7. The first-order valence-electron chi connectivity index (χ1n) is 9.75. The van der Waals surface area contributed by atoms with Crippen LogP contribution in [0.4, 0.5) is 4.39 Å². The summed E-state index contributed by atoms with van der Waals surface area (Å²) in [5.74, 6) is -0.178. The van der Waals surface area contributed by atoms with Gasteiger partial charge in [-0.2, -0.15) is 0 Å². The standard InChI is InChI=1S/C23H23FN2O5S/c1-15-10-17(31-25-15)14-32-21-7-5-4-6-18(21)23(28)30-13-22(27)26(2)12-16-8-9-20(29-3)19(24)11-16/h4-11H,12-14H2,1-3H3. The molecule has 0 aliphatic heterocycles. The van der Waals surface area contributed by atoms with Crippen LogP contribution in [0.25, 0.3) is 0 Å². The Hall–Kier alpha value is -3.33. The van der Waals surface area contributed by atoms with Crippen molar-refractivity contribution in [2.75, 3.05) is 20.8 Å². The van der Waals surface area contributed by atoms with Gasteiger partial charge in [0, 0.05) is 24.6 Å². The number of hydrogen-bond acceptors (Lipinski definition) is 7. The van der Waals surface area contributed by atoms with Gasteiger partial charge in [-0.1, -0.05) is 23.4 Å². The molecule has 0 aliphatic carbocycles. The van der Waals surface area contributed by atoms with Gasteiger partial charge in [0.15, 0.2) is 18.2 Å². The third kappa shape index (κ3) is 6.10. The number of likely N-dealkylation sites (N-methyl/N-ethyl adjacent to an activating group) is 1. The molecule has 7 nitrogen and oxygen atoms in total. The summed E-state index contributed by atoms with van der Waals surface area (Å²) < 4.78 is 29.2. The largest absolute Gasteiger partial charge is 0.494 e. The van der Waals surface area contributed by atoms with Gasteiger partial charge in [-0.3, -0.25) is 4.79 Å². The van der Waals surface area contributed by atoms with Gasteiger partial charge in [-0.15, -0.1) is 11.8 Å². The van der Waals surface area contributed by atoms with Gasteiger partial charge in [0.25, 0.3) is 5.91 Å². The van der Waals surface area contributed by atoms with E-state index in [4.69, 9.17) is 14.0 Å². The molecule has 0 atom stereocenters. The number of aryl methyl sites for hydroxylation is 1. The van der Waals surface area contributed by atoms with Crippen LogP contribution in [-0.4, -0.2) is 42.7 Å². The monoisotopic (exact) mass is 458 g/mol. The Morgan fingerprint density at radius 2 is 1.97 bits per heavy atom. The molecule has 3 rings (SSSR count). The smallest absolute Gasteiger partial charge is 0.339 e. The van der Waals surface area contributed by atoms with E-state index in [9.17, 15) is 14.0 Å². The topological polar surface area (TPSA) is 81.9 Å². The highest BCUT2D eigenvalue weighted by molar-refractivity contribution is 7.98. The zero-order valence-corrected chi connectivity index (χ0v) is 18.8. The summed E-state index contributed by atoms with van der Waals surface area (Å²) in [5.41, 5.74) is 1.74. The number of nitrogens with zero attached hydrogens (tertiary/aromatic N) is 2. The van der Waals surface area contributed by atoms with Crippen molar-refractivity contribution in [3.8, 4) is 5.75 Å². The molecule has 168 valence electrons. The molecule has 1 heterocycles. The Kier molecular flexibility index (Phi) is 7.88. The highest BCUT2D eigenvalue weighted by Crippen LogP contribution is 2.27. The van der Waals surface area contributed by atoms with Crippen LogP contribution in [0.1, 0.15) is 27.4 Å². The first kappa shape index (κ1) is 23.3. The third-order valence-corrected chi connectivity index (χ3v) is 5.64. The molecule has 0 N–H and O–H groups in total. The predicted octanol–water partition coefficient (Wildman–Crippen LogP) is 4.24. The van der Waals surface area contributed by atoms with Crippen molar-refractivity contribution in [3.63, 3.8) is 0 Å². The van der Waals surface area contributed by atoms with E-state index < -0.39 is 24.3 Å². The molecule has 0 fully saturated rings. The average molecular weight is 459 g/mol. The van der Waals surface area contributed by atoms with E-state index in [2.05, 4.69) is 5.16 Å². The molecule has 0 aliphatic rings. The number of benzene rings is 2. The number of aromatic nitrogens is 1. The molecule has 32 heavy (non-hydrogen) atoms. The lowest BCUT2D eigenvalue weighted by Gasteiger charge is -2.18. The predicted molar refractivity (Wildman–Crippen MR) is 117 cm³/mol. The number of hydrogen-bond donors (Lipinski definition) is 0. The Bertz CT molecular complexity index is 1100. The molecule has 1 amide bonds. The van der Waals surface area contributed by atoms with Crippen LogP contribution < -0.4 is 4.74 Å². The zero-order valence-electron chi connectivity index (χ0n) is 18.0.